The lowest BCUT2D eigenvalue weighted by Gasteiger charge is -2.30. The predicted molar refractivity (Wildman–Crippen MR) is 88.1 cm³/mol. The number of aryl methyl sites for hydroxylation is 1. The SMILES string of the molecule is Cc1csc(S(=O)(=O)N2CCC(c3nncn3C3CC3)CC2)c1. The highest BCUT2D eigenvalue weighted by Crippen LogP contribution is 2.39. The molecule has 2 fully saturated rings. The number of piperidine rings is 1. The van der Waals surface area contributed by atoms with Crippen LogP contribution in [0.3, 0.4) is 0 Å². The van der Waals surface area contributed by atoms with Crippen LogP contribution >= 0.6 is 11.3 Å². The van der Waals surface area contributed by atoms with Gasteiger partial charge in [-0.15, -0.1) is 21.5 Å². The molecule has 1 saturated heterocycles. The predicted octanol–water partition coefficient (Wildman–Crippen LogP) is 2.55. The fourth-order valence-corrected chi connectivity index (χ4v) is 6.05. The van der Waals surface area contributed by atoms with E-state index in [1.54, 1.807) is 10.4 Å². The summed E-state index contributed by atoms with van der Waals surface area (Å²) in [4.78, 5) is 0. The lowest BCUT2D eigenvalue weighted by Crippen LogP contribution is -2.38. The lowest BCUT2D eigenvalue weighted by atomic mass is 9.97. The molecule has 0 radical (unpaired) electrons. The number of hydrogen-bond acceptors (Lipinski definition) is 5. The summed E-state index contributed by atoms with van der Waals surface area (Å²) in [5, 5.41) is 10.2. The molecule has 0 unspecified atom stereocenters. The molecule has 2 aromatic heterocycles. The van der Waals surface area contributed by atoms with Crippen molar-refractivity contribution in [3.8, 4) is 0 Å². The summed E-state index contributed by atoms with van der Waals surface area (Å²) in [5.74, 6) is 1.35. The van der Waals surface area contributed by atoms with E-state index in [1.165, 1.54) is 24.2 Å². The van der Waals surface area contributed by atoms with Crippen LogP contribution < -0.4 is 0 Å². The molecule has 1 aliphatic heterocycles. The quantitative estimate of drug-likeness (QED) is 0.848. The van der Waals surface area contributed by atoms with E-state index in [0.29, 0.717) is 29.3 Å². The van der Waals surface area contributed by atoms with Crippen LogP contribution in [0.2, 0.25) is 0 Å². The molecule has 4 rings (SSSR count). The van der Waals surface area contributed by atoms with Crippen LogP contribution in [-0.2, 0) is 10.0 Å². The summed E-state index contributed by atoms with van der Waals surface area (Å²) in [7, 11) is -3.34. The van der Waals surface area contributed by atoms with Crippen molar-refractivity contribution in [2.24, 2.45) is 0 Å². The standard InChI is InChI=1S/C15H20N4O2S2/c1-11-8-14(22-9-11)23(20,21)18-6-4-12(5-7-18)15-17-16-10-19(15)13-2-3-13/h8-10,12-13H,2-7H2,1H3. The third-order valence-corrected chi connectivity index (χ3v) is 8.09. The molecule has 0 bridgehead atoms. The second-order valence-corrected chi connectivity index (χ2v) is 9.53. The molecule has 23 heavy (non-hydrogen) atoms. The second-order valence-electron chi connectivity index (χ2n) is 6.45. The van der Waals surface area contributed by atoms with Crippen molar-refractivity contribution in [2.45, 2.75) is 48.8 Å². The molecule has 6 nitrogen and oxygen atoms in total. The molecular weight excluding hydrogens is 332 g/mol. The van der Waals surface area contributed by atoms with Crippen molar-refractivity contribution in [3.63, 3.8) is 0 Å². The fourth-order valence-electron chi connectivity index (χ4n) is 3.20. The first kappa shape index (κ1) is 15.3. The first-order valence-corrected chi connectivity index (χ1v) is 10.3. The number of sulfonamides is 1. The van der Waals surface area contributed by atoms with E-state index < -0.39 is 10.0 Å². The summed E-state index contributed by atoms with van der Waals surface area (Å²) < 4.78 is 29.6. The molecule has 8 heteroatoms. The Morgan fingerprint density at radius 3 is 2.57 bits per heavy atom. The molecular formula is C15H20N4O2S2. The first-order chi connectivity index (χ1) is 11.1. The Kier molecular flexibility index (Phi) is 3.78. The van der Waals surface area contributed by atoms with Crippen LogP contribution in [0, 0.1) is 6.92 Å². The Balaban J connectivity index is 1.47. The summed E-state index contributed by atoms with van der Waals surface area (Å²) in [5.41, 5.74) is 1.00. The van der Waals surface area contributed by atoms with E-state index in [9.17, 15) is 8.42 Å². The van der Waals surface area contributed by atoms with Crippen LogP contribution in [0.5, 0.6) is 0 Å². The summed E-state index contributed by atoms with van der Waals surface area (Å²) in [6.07, 6.45) is 5.86. The van der Waals surface area contributed by atoms with E-state index >= 15 is 0 Å². The monoisotopic (exact) mass is 352 g/mol. The maximum atomic E-state index is 12.7. The zero-order valence-corrected chi connectivity index (χ0v) is 14.7. The van der Waals surface area contributed by atoms with E-state index in [1.807, 2.05) is 18.6 Å². The van der Waals surface area contributed by atoms with Crippen LogP contribution in [-0.4, -0.2) is 40.6 Å². The smallest absolute Gasteiger partial charge is 0.252 e. The summed E-state index contributed by atoms with van der Waals surface area (Å²) in [6.45, 7) is 3.04. The minimum absolute atomic E-state index is 0.314. The minimum atomic E-state index is -3.34. The van der Waals surface area contributed by atoms with Gasteiger partial charge in [-0.05, 0) is 49.6 Å². The third kappa shape index (κ3) is 2.83. The molecule has 0 amide bonds. The molecule has 1 aliphatic carbocycles. The topological polar surface area (TPSA) is 68.1 Å². The summed E-state index contributed by atoms with van der Waals surface area (Å²) in [6, 6.07) is 2.33. The van der Waals surface area contributed by atoms with Crippen LogP contribution in [0.1, 0.15) is 49.0 Å². The van der Waals surface area contributed by atoms with Gasteiger partial charge in [-0.3, -0.25) is 0 Å². The molecule has 0 spiro atoms. The maximum Gasteiger partial charge on any atom is 0.252 e. The largest absolute Gasteiger partial charge is 0.314 e. The molecule has 0 atom stereocenters. The molecule has 1 saturated carbocycles. The number of aromatic nitrogens is 3. The Labute approximate surface area is 140 Å². The van der Waals surface area contributed by atoms with Gasteiger partial charge in [0.15, 0.2) is 0 Å². The number of rotatable bonds is 4. The van der Waals surface area contributed by atoms with Gasteiger partial charge in [0.2, 0.25) is 0 Å². The molecule has 124 valence electrons. The van der Waals surface area contributed by atoms with Crippen molar-refractivity contribution in [1.29, 1.82) is 0 Å². The van der Waals surface area contributed by atoms with Gasteiger partial charge < -0.3 is 4.57 Å². The average molecular weight is 352 g/mol. The van der Waals surface area contributed by atoms with Crippen molar-refractivity contribution in [1.82, 2.24) is 19.1 Å². The second kappa shape index (κ2) is 5.68. The number of hydrogen-bond donors (Lipinski definition) is 0. The Hall–Kier alpha value is -1.25. The van der Waals surface area contributed by atoms with Gasteiger partial charge in [0.05, 0.1) is 0 Å². The van der Waals surface area contributed by atoms with Crippen LogP contribution in [0.25, 0.3) is 0 Å². The highest BCUT2D eigenvalue weighted by atomic mass is 32.2. The first-order valence-electron chi connectivity index (χ1n) is 8.00. The fraction of sp³-hybridized carbons (Fsp3) is 0.600. The Bertz CT molecular complexity index is 799. The molecule has 0 aromatic carbocycles. The van der Waals surface area contributed by atoms with Gasteiger partial charge >= 0.3 is 0 Å². The normalized spacial score (nSPS) is 20.9. The van der Waals surface area contributed by atoms with E-state index in [0.717, 1.165) is 24.2 Å². The molecule has 0 N–H and O–H groups in total. The zero-order valence-electron chi connectivity index (χ0n) is 13.1. The molecule has 2 aromatic rings. The van der Waals surface area contributed by atoms with Crippen molar-refractivity contribution in [3.05, 3.63) is 29.2 Å². The van der Waals surface area contributed by atoms with Crippen LogP contribution in [0.15, 0.2) is 22.0 Å². The van der Waals surface area contributed by atoms with Crippen LogP contribution in [0.4, 0.5) is 0 Å². The van der Waals surface area contributed by atoms with Gasteiger partial charge in [0.25, 0.3) is 10.0 Å². The lowest BCUT2D eigenvalue weighted by molar-refractivity contribution is 0.309. The van der Waals surface area contributed by atoms with Gasteiger partial charge in [-0.25, -0.2) is 8.42 Å². The van der Waals surface area contributed by atoms with E-state index in [4.69, 9.17) is 0 Å². The highest BCUT2D eigenvalue weighted by molar-refractivity contribution is 7.91. The van der Waals surface area contributed by atoms with E-state index in [2.05, 4.69) is 14.8 Å². The van der Waals surface area contributed by atoms with Gasteiger partial charge in [0.1, 0.15) is 16.4 Å². The number of thiophene rings is 1. The highest BCUT2D eigenvalue weighted by Gasteiger charge is 2.34. The number of nitrogens with zero attached hydrogens (tertiary/aromatic N) is 4. The maximum absolute atomic E-state index is 12.7. The van der Waals surface area contributed by atoms with Gasteiger partial charge in [0, 0.05) is 25.0 Å². The Morgan fingerprint density at radius 1 is 1.22 bits per heavy atom. The van der Waals surface area contributed by atoms with Gasteiger partial charge in [-0.1, -0.05) is 0 Å². The third-order valence-electron chi connectivity index (χ3n) is 4.66. The Morgan fingerprint density at radius 2 is 1.96 bits per heavy atom. The van der Waals surface area contributed by atoms with E-state index in [-0.39, 0.29) is 0 Å². The van der Waals surface area contributed by atoms with Crippen molar-refractivity contribution < 1.29 is 8.42 Å². The average Bonchev–Trinajstić information content (AvgIpc) is 3.09. The summed E-state index contributed by atoms with van der Waals surface area (Å²) >= 11 is 1.31. The minimum Gasteiger partial charge on any atom is -0.314 e. The molecule has 2 aliphatic rings. The van der Waals surface area contributed by atoms with Gasteiger partial charge in [-0.2, -0.15) is 4.31 Å². The molecule has 3 heterocycles. The van der Waals surface area contributed by atoms with Crippen molar-refractivity contribution in [2.75, 3.05) is 13.1 Å². The van der Waals surface area contributed by atoms with Crippen molar-refractivity contribution >= 4 is 21.4 Å². The zero-order chi connectivity index (χ0) is 16.0.